The SMILES string of the molecule is O=C(NCc1ccc(Cl)cc1)Nc1ccc(-c2nc3ccccc3o2)cc1. The standard InChI is InChI=1S/C21H16ClN3O2/c22-16-9-5-14(6-10-16)13-23-21(26)24-17-11-7-15(8-12-17)20-25-18-3-1-2-4-19(18)27-20/h1-12H,13H2,(H2,23,24,26). The summed E-state index contributed by atoms with van der Waals surface area (Å²) in [4.78, 5) is 16.5. The number of oxazole rings is 1. The van der Waals surface area contributed by atoms with Gasteiger partial charge in [-0.2, -0.15) is 0 Å². The van der Waals surface area contributed by atoms with Gasteiger partial charge >= 0.3 is 6.03 Å². The van der Waals surface area contributed by atoms with Crippen molar-refractivity contribution in [3.8, 4) is 11.5 Å². The Balaban J connectivity index is 1.38. The third kappa shape index (κ3) is 4.10. The minimum atomic E-state index is -0.278. The normalized spacial score (nSPS) is 10.7. The largest absolute Gasteiger partial charge is 0.436 e. The van der Waals surface area contributed by atoms with E-state index >= 15 is 0 Å². The molecule has 2 N–H and O–H groups in total. The average Bonchev–Trinajstić information content (AvgIpc) is 3.12. The van der Waals surface area contributed by atoms with E-state index in [1.54, 1.807) is 12.1 Å². The lowest BCUT2D eigenvalue weighted by Crippen LogP contribution is -2.28. The zero-order chi connectivity index (χ0) is 18.6. The summed E-state index contributed by atoms with van der Waals surface area (Å²) >= 11 is 5.85. The van der Waals surface area contributed by atoms with Crippen LogP contribution in [0, 0.1) is 0 Å². The van der Waals surface area contributed by atoms with Crippen molar-refractivity contribution in [2.24, 2.45) is 0 Å². The van der Waals surface area contributed by atoms with E-state index in [0.29, 0.717) is 23.1 Å². The highest BCUT2D eigenvalue weighted by Crippen LogP contribution is 2.25. The summed E-state index contributed by atoms with van der Waals surface area (Å²) in [5, 5.41) is 6.28. The van der Waals surface area contributed by atoms with Crippen LogP contribution in [0.15, 0.2) is 77.2 Å². The van der Waals surface area contributed by atoms with Crippen molar-refractivity contribution < 1.29 is 9.21 Å². The Morgan fingerprint density at radius 1 is 0.963 bits per heavy atom. The van der Waals surface area contributed by atoms with Crippen LogP contribution in [0.5, 0.6) is 0 Å². The molecule has 2 amide bonds. The monoisotopic (exact) mass is 377 g/mol. The van der Waals surface area contributed by atoms with Crippen molar-refractivity contribution in [3.05, 3.63) is 83.4 Å². The first kappa shape index (κ1) is 17.1. The van der Waals surface area contributed by atoms with Gasteiger partial charge in [0.15, 0.2) is 5.58 Å². The Bertz CT molecular complexity index is 1040. The molecular formula is C21H16ClN3O2. The van der Waals surface area contributed by atoms with Gasteiger partial charge in [0.1, 0.15) is 5.52 Å². The minimum Gasteiger partial charge on any atom is -0.436 e. The van der Waals surface area contributed by atoms with Crippen LogP contribution < -0.4 is 10.6 Å². The van der Waals surface area contributed by atoms with Crippen LogP contribution in [0.2, 0.25) is 5.02 Å². The molecule has 134 valence electrons. The molecule has 4 aromatic rings. The van der Waals surface area contributed by atoms with Gasteiger partial charge in [-0.3, -0.25) is 0 Å². The Hall–Kier alpha value is -3.31. The number of carbonyl (C=O) groups excluding carboxylic acids is 1. The molecule has 0 aliphatic heterocycles. The van der Waals surface area contributed by atoms with Crippen LogP contribution in [-0.4, -0.2) is 11.0 Å². The molecule has 27 heavy (non-hydrogen) atoms. The molecule has 1 heterocycles. The number of hydrogen-bond acceptors (Lipinski definition) is 3. The maximum absolute atomic E-state index is 12.0. The van der Waals surface area contributed by atoms with Gasteiger partial charge in [0.2, 0.25) is 5.89 Å². The molecule has 3 aromatic carbocycles. The average molecular weight is 378 g/mol. The fraction of sp³-hybridized carbons (Fsp3) is 0.0476. The van der Waals surface area contributed by atoms with Gasteiger partial charge in [-0.15, -0.1) is 0 Å². The van der Waals surface area contributed by atoms with Crippen LogP contribution in [0.3, 0.4) is 0 Å². The lowest BCUT2D eigenvalue weighted by molar-refractivity contribution is 0.251. The molecule has 0 spiro atoms. The molecule has 1 aromatic heterocycles. The van der Waals surface area contributed by atoms with Gasteiger partial charge in [-0.05, 0) is 54.1 Å². The number of urea groups is 1. The number of aromatic nitrogens is 1. The summed E-state index contributed by atoms with van der Waals surface area (Å²) in [5.74, 6) is 0.551. The summed E-state index contributed by atoms with van der Waals surface area (Å²) in [6.45, 7) is 0.421. The summed E-state index contributed by atoms with van der Waals surface area (Å²) < 4.78 is 5.75. The number of amides is 2. The number of halogens is 1. The number of hydrogen-bond donors (Lipinski definition) is 2. The first-order valence-electron chi connectivity index (χ1n) is 8.43. The third-order valence-electron chi connectivity index (χ3n) is 4.05. The van der Waals surface area contributed by atoms with Gasteiger partial charge in [-0.1, -0.05) is 35.9 Å². The second kappa shape index (κ2) is 7.51. The number of benzene rings is 3. The highest BCUT2D eigenvalue weighted by Gasteiger charge is 2.08. The van der Waals surface area contributed by atoms with Crippen molar-refractivity contribution in [2.45, 2.75) is 6.54 Å². The molecule has 0 aliphatic carbocycles. The predicted molar refractivity (Wildman–Crippen MR) is 107 cm³/mol. The summed E-state index contributed by atoms with van der Waals surface area (Å²) in [6, 6.07) is 22.0. The molecule has 0 atom stereocenters. The molecule has 0 bridgehead atoms. The molecule has 0 saturated heterocycles. The van der Waals surface area contributed by atoms with Crippen LogP contribution in [0.25, 0.3) is 22.6 Å². The number of fused-ring (bicyclic) bond motifs is 1. The van der Waals surface area contributed by atoms with Gasteiger partial charge in [-0.25, -0.2) is 9.78 Å². The molecule has 6 heteroatoms. The van der Waals surface area contributed by atoms with Crippen LogP contribution in [0.4, 0.5) is 10.5 Å². The van der Waals surface area contributed by atoms with Crippen molar-refractivity contribution in [1.82, 2.24) is 10.3 Å². The van der Waals surface area contributed by atoms with Crippen molar-refractivity contribution in [3.63, 3.8) is 0 Å². The van der Waals surface area contributed by atoms with Gasteiger partial charge in [0.05, 0.1) is 0 Å². The second-order valence-corrected chi connectivity index (χ2v) is 6.43. The fourth-order valence-electron chi connectivity index (χ4n) is 2.65. The maximum Gasteiger partial charge on any atom is 0.319 e. The second-order valence-electron chi connectivity index (χ2n) is 6.00. The number of nitrogens with one attached hydrogen (secondary N) is 2. The number of rotatable bonds is 4. The molecule has 0 aliphatic rings. The summed E-state index contributed by atoms with van der Waals surface area (Å²) in [5.41, 5.74) is 4.07. The number of para-hydroxylation sites is 2. The quantitative estimate of drug-likeness (QED) is 0.495. The summed E-state index contributed by atoms with van der Waals surface area (Å²) in [7, 11) is 0. The van der Waals surface area contributed by atoms with E-state index in [-0.39, 0.29) is 6.03 Å². The van der Waals surface area contributed by atoms with Crippen LogP contribution in [0.1, 0.15) is 5.56 Å². The molecule has 0 saturated carbocycles. The van der Waals surface area contributed by atoms with Crippen molar-refractivity contribution >= 4 is 34.4 Å². The van der Waals surface area contributed by atoms with E-state index < -0.39 is 0 Å². The van der Waals surface area contributed by atoms with Gasteiger partial charge in [0, 0.05) is 22.8 Å². The van der Waals surface area contributed by atoms with E-state index in [0.717, 1.165) is 22.2 Å². The van der Waals surface area contributed by atoms with Gasteiger partial charge < -0.3 is 15.1 Å². The van der Waals surface area contributed by atoms with E-state index in [9.17, 15) is 4.79 Å². The van der Waals surface area contributed by atoms with Crippen LogP contribution in [-0.2, 0) is 6.54 Å². The first-order chi connectivity index (χ1) is 13.2. The van der Waals surface area contributed by atoms with E-state index in [1.807, 2.05) is 60.7 Å². The first-order valence-corrected chi connectivity index (χ1v) is 8.80. The highest BCUT2D eigenvalue weighted by atomic mass is 35.5. The zero-order valence-corrected chi connectivity index (χ0v) is 15.0. The third-order valence-corrected chi connectivity index (χ3v) is 4.30. The number of carbonyl (C=O) groups is 1. The number of anilines is 1. The van der Waals surface area contributed by atoms with Crippen molar-refractivity contribution in [1.29, 1.82) is 0 Å². The molecule has 0 fully saturated rings. The Kier molecular flexibility index (Phi) is 4.77. The highest BCUT2D eigenvalue weighted by molar-refractivity contribution is 6.30. The zero-order valence-electron chi connectivity index (χ0n) is 14.3. The molecule has 4 rings (SSSR count). The maximum atomic E-state index is 12.0. The van der Waals surface area contributed by atoms with E-state index in [2.05, 4.69) is 15.6 Å². The minimum absolute atomic E-state index is 0.278. The lowest BCUT2D eigenvalue weighted by Gasteiger charge is -2.08. The Labute approximate surface area is 161 Å². The Morgan fingerprint density at radius 2 is 1.70 bits per heavy atom. The lowest BCUT2D eigenvalue weighted by atomic mass is 10.2. The summed E-state index contributed by atoms with van der Waals surface area (Å²) in [6.07, 6.45) is 0. The van der Waals surface area contributed by atoms with E-state index in [1.165, 1.54) is 0 Å². The molecular weight excluding hydrogens is 362 g/mol. The molecule has 0 radical (unpaired) electrons. The molecule has 0 unspecified atom stereocenters. The Morgan fingerprint density at radius 3 is 2.44 bits per heavy atom. The van der Waals surface area contributed by atoms with Crippen molar-refractivity contribution in [2.75, 3.05) is 5.32 Å². The van der Waals surface area contributed by atoms with Gasteiger partial charge in [0.25, 0.3) is 0 Å². The van der Waals surface area contributed by atoms with Crippen LogP contribution >= 0.6 is 11.6 Å². The molecule has 5 nitrogen and oxygen atoms in total. The fourth-order valence-corrected chi connectivity index (χ4v) is 2.78. The topological polar surface area (TPSA) is 67.2 Å². The predicted octanol–water partition coefficient (Wildman–Crippen LogP) is 5.47. The number of nitrogens with zero attached hydrogens (tertiary/aromatic N) is 1. The smallest absolute Gasteiger partial charge is 0.319 e. The van der Waals surface area contributed by atoms with E-state index in [4.69, 9.17) is 16.0 Å².